The Bertz CT molecular complexity index is 756. The van der Waals surface area contributed by atoms with Crippen molar-refractivity contribution < 1.29 is 42.9 Å². The van der Waals surface area contributed by atoms with Gasteiger partial charge in [0.05, 0.1) is 0 Å². The molecule has 0 aromatic heterocycles. The second kappa shape index (κ2) is 35.5. The van der Waals surface area contributed by atoms with Crippen molar-refractivity contribution in [3.05, 3.63) is 0 Å². The fourth-order valence-electron chi connectivity index (χ4n) is 2.74. The van der Waals surface area contributed by atoms with Crippen LogP contribution >= 0.6 is 58.3 Å². The molecule has 0 atom stereocenters. The third-order valence-electron chi connectivity index (χ3n) is 4.44. The number of rotatable bonds is 18. The highest BCUT2D eigenvalue weighted by atomic mass is 35.5. The molecule has 0 radical (unpaired) electrons. The topological polar surface area (TPSA) is 130 Å². The predicted octanol–water partition coefficient (Wildman–Crippen LogP) is 7.77. The molecule has 276 valence electrons. The number of amides is 1. The molecule has 0 saturated heterocycles. The zero-order valence-corrected chi connectivity index (χ0v) is 33.4. The number of nitrogens with zero attached hydrogens (tertiary/aromatic N) is 1. The van der Waals surface area contributed by atoms with Gasteiger partial charge in [0.25, 0.3) is 0 Å². The van der Waals surface area contributed by atoms with Crippen LogP contribution in [0.15, 0.2) is 0 Å². The van der Waals surface area contributed by atoms with E-state index in [1.54, 1.807) is 16.7 Å². The van der Waals surface area contributed by atoms with Crippen LogP contribution in [0.3, 0.4) is 0 Å². The lowest BCUT2D eigenvalue weighted by molar-refractivity contribution is -0.156. The molecule has 11 nitrogen and oxygen atoms in total. The minimum absolute atomic E-state index is 0.103. The van der Waals surface area contributed by atoms with Crippen LogP contribution in [0.25, 0.3) is 0 Å². The fraction of sp³-hybridized carbons (Fsp3) is 0.867. The third kappa shape index (κ3) is 50.0. The number of hydrogen-bond acceptors (Lipinski definition) is 12. The maximum absolute atomic E-state index is 11.6. The average molecular weight is 762 g/mol. The number of carbonyl (C=O) groups is 4. The number of carbonyl (C=O) groups excluding carboxylic acids is 4. The molecule has 0 unspecified atom stereocenters. The second-order valence-corrected chi connectivity index (χ2v) is 13.6. The van der Waals surface area contributed by atoms with E-state index in [0.29, 0.717) is 25.9 Å². The van der Waals surface area contributed by atoms with E-state index in [9.17, 15) is 19.2 Å². The molecule has 0 aromatic carbocycles. The summed E-state index contributed by atoms with van der Waals surface area (Å²) in [6.07, 6.45) is 5.78. The average Bonchev–Trinajstić information content (AvgIpc) is 2.92. The summed E-state index contributed by atoms with van der Waals surface area (Å²) < 4.78 is 23.9. The van der Waals surface area contributed by atoms with Gasteiger partial charge in [-0.15, -0.1) is 0 Å². The van der Waals surface area contributed by atoms with Crippen LogP contribution in [-0.2, 0) is 33.3 Å². The van der Waals surface area contributed by atoms with Crippen molar-refractivity contribution in [1.29, 1.82) is 0 Å². The van der Waals surface area contributed by atoms with Gasteiger partial charge in [0.2, 0.25) is 0 Å². The van der Waals surface area contributed by atoms with Crippen molar-refractivity contribution in [2.75, 3.05) is 75.5 Å². The molecule has 0 saturated carbocycles. The molecule has 0 aliphatic carbocycles. The molecule has 0 aromatic rings. The van der Waals surface area contributed by atoms with Crippen LogP contribution in [0.5, 0.6) is 0 Å². The quantitative estimate of drug-likeness (QED) is 0.0482. The Morgan fingerprint density at radius 3 is 1.54 bits per heavy atom. The monoisotopic (exact) mass is 760 g/mol. The molecule has 0 aliphatic heterocycles. The predicted molar refractivity (Wildman–Crippen MR) is 194 cm³/mol. The van der Waals surface area contributed by atoms with Gasteiger partial charge in [-0.2, -0.15) is 23.5 Å². The molecule has 0 bridgehead atoms. The highest BCUT2D eigenvalue weighted by Gasteiger charge is 2.18. The summed E-state index contributed by atoms with van der Waals surface area (Å²) in [6, 6.07) is -0.344. The normalized spacial score (nSPS) is 10.5. The largest absolute Gasteiger partial charge is 0.460 e. The zero-order valence-electron chi connectivity index (χ0n) is 29.5. The minimum atomic E-state index is -0.870. The van der Waals surface area contributed by atoms with E-state index in [0.717, 1.165) is 44.2 Å². The molecule has 1 amide bonds. The molecule has 46 heavy (non-hydrogen) atoms. The van der Waals surface area contributed by atoms with E-state index in [1.165, 1.54) is 0 Å². The summed E-state index contributed by atoms with van der Waals surface area (Å²) in [4.78, 5) is 45.6. The van der Waals surface area contributed by atoms with Crippen LogP contribution in [0, 0.1) is 0 Å². The van der Waals surface area contributed by atoms with Crippen LogP contribution in [0.1, 0.15) is 81.1 Å². The van der Waals surface area contributed by atoms with E-state index in [2.05, 4.69) is 27.9 Å². The summed E-state index contributed by atoms with van der Waals surface area (Å²) in [5.41, 5.74) is -1.71. The van der Waals surface area contributed by atoms with Gasteiger partial charge < -0.3 is 33.9 Å². The Kier molecular flexibility index (Phi) is 40.1. The standard InChI is InChI=1S/C13H24ClNO4S.C11H23NO2S.C4H10O.C2H2Cl2O2/c1-13(2,3)19-11(16)6-5-7-15(8-9-20-4)12(17)18-10-14;1-11(2,3)14-10(13)6-5-7-12-8-9-15-4;1-3-5-4-2;3-1-6-2(4)5/h5-10H2,1-4H3;12H,5-9H2,1-4H3;3-4H2,1-2H3;1H2. The van der Waals surface area contributed by atoms with E-state index in [-0.39, 0.29) is 36.1 Å². The summed E-state index contributed by atoms with van der Waals surface area (Å²) in [5.74, 6) is 1.57. The van der Waals surface area contributed by atoms with Gasteiger partial charge in [-0.3, -0.25) is 9.59 Å². The molecular formula is C30H59Cl3N2O9S2. The molecule has 0 heterocycles. The van der Waals surface area contributed by atoms with Crippen molar-refractivity contribution in [2.45, 2.75) is 92.3 Å². The van der Waals surface area contributed by atoms with Crippen molar-refractivity contribution in [2.24, 2.45) is 0 Å². The molecule has 1 N–H and O–H groups in total. The summed E-state index contributed by atoms with van der Waals surface area (Å²) in [5, 5.41) is 3.28. The number of nitrogens with one attached hydrogen (secondary N) is 1. The van der Waals surface area contributed by atoms with Gasteiger partial charge in [-0.1, -0.05) is 23.2 Å². The lowest BCUT2D eigenvalue weighted by Crippen LogP contribution is -2.34. The first-order chi connectivity index (χ1) is 21.4. The number of thioether (sulfide) groups is 2. The first-order valence-corrected chi connectivity index (χ1v) is 19.2. The van der Waals surface area contributed by atoms with Crippen molar-refractivity contribution >= 4 is 81.8 Å². The Morgan fingerprint density at radius 2 is 1.20 bits per heavy atom. The van der Waals surface area contributed by atoms with Crippen LogP contribution in [-0.4, -0.2) is 115 Å². The van der Waals surface area contributed by atoms with E-state index in [4.69, 9.17) is 42.1 Å². The molecular weight excluding hydrogens is 703 g/mol. The van der Waals surface area contributed by atoms with E-state index in [1.807, 2.05) is 73.4 Å². The van der Waals surface area contributed by atoms with Crippen LogP contribution < -0.4 is 5.32 Å². The molecule has 0 spiro atoms. The van der Waals surface area contributed by atoms with Crippen LogP contribution in [0.2, 0.25) is 0 Å². The zero-order chi connectivity index (χ0) is 36.4. The molecule has 0 rings (SSSR count). The van der Waals surface area contributed by atoms with Crippen molar-refractivity contribution in [3.8, 4) is 0 Å². The number of alkyl halides is 2. The van der Waals surface area contributed by atoms with Gasteiger partial charge in [0.15, 0.2) is 12.1 Å². The van der Waals surface area contributed by atoms with Crippen LogP contribution in [0.4, 0.5) is 9.59 Å². The van der Waals surface area contributed by atoms with E-state index >= 15 is 0 Å². The number of esters is 2. The van der Waals surface area contributed by atoms with Gasteiger partial charge in [-0.25, -0.2) is 9.59 Å². The highest BCUT2D eigenvalue weighted by molar-refractivity contribution is 7.98. The van der Waals surface area contributed by atoms with Crippen molar-refractivity contribution in [3.63, 3.8) is 0 Å². The Morgan fingerprint density at radius 1 is 0.717 bits per heavy atom. The summed E-state index contributed by atoms with van der Waals surface area (Å²) >= 11 is 18.3. The maximum atomic E-state index is 11.6. The first-order valence-electron chi connectivity index (χ1n) is 15.0. The number of ether oxygens (including phenoxy) is 5. The lowest BCUT2D eigenvalue weighted by atomic mass is 10.2. The van der Waals surface area contributed by atoms with Gasteiger partial charge in [-0.05, 0) is 87.3 Å². The SMILES string of the molecule is CCOCC.CSCCN(CCCC(=O)OC(C)(C)C)C(=O)OCCl.CSCCNCCCC(=O)OC(C)(C)C.O=C(Cl)OCCl. The first kappa shape index (κ1) is 52.0. The highest BCUT2D eigenvalue weighted by Crippen LogP contribution is 2.10. The number of halogens is 3. The molecule has 0 aliphatic rings. The summed E-state index contributed by atoms with van der Waals surface area (Å²) in [7, 11) is 0. The molecule has 16 heteroatoms. The third-order valence-corrected chi connectivity index (χ3v) is 5.97. The van der Waals surface area contributed by atoms with Crippen molar-refractivity contribution in [1.82, 2.24) is 10.2 Å². The fourth-order valence-corrected chi connectivity index (χ4v) is 3.79. The Labute approximate surface area is 301 Å². The van der Waals surface area contributed by atoms with Gasteiger partial charge >= 0.3 is 23.5 Å². The minimum Gasteiger partial charge on any atom is -0.460 e. The van der Waals surface area contributed by atoms with Gasteiger partial charge in [0, 0.05) is 68.8 Å². The Hall–Kier alpha value is -0.830. The summed E-state index contributed by atoms with van der Waals surface area (Å²) in [6.45, 7) is 19.7. The Balaban J connectivity index is -0.000000295. The number of hydrogen-bond donors (Lipinski definition) is 1. The molecule has 0 fully saturated rings. The second-order valence-electron chi connectivity index (χ2n) is 10.9. The maximum Gasteiger partial charge on any atom is 0.410 e. The lowest BCUT2D eigenvalue weighted by Gasteiger charge is -2.22. The van der Waals surface area contributed by atoms with E-state index < -0.39 is 17.1 Å². The van der Waals surface area contributed by atoms with Gasteiger partial charge in [0.1, 0.15) is 11.2 Å². The smallest absolute Gasteiger partial charge is 0.410 e.